The van der Waals surface area contributed by atoms with Gasteiger partial charge in [0.05, 0.1) is 4.88 Å². The van der Waals surface area contributed by atoms with Crippen molar-refractivity contribution in [3.8, 4) is 0 Å². The molecule has 1 saturated heterocycles. The number of likely N-dealkylation sites (tertiary alicyclic amines) is 1. The van der Waals surface area contributed by atoms with Crippen LogP contribution >= 0.6 is 11.3 Å². The van der Waals surface area contributed by atoms with E-state index in [1.165, 1.54) is 11.3 Å². The Morgan fingerprint density at radius 1 is 1.30 bits per heavy atom. The zero-order chi connectivity index (χ0) is 14.1. The van der Waals surface area contributed by atoms with Gasteiger partial charge in [-0.25, -0.2) is 0 Å². The van der Waals surface area contributed by atoms with Crippen LogP contribution in [0.15, 0.2) is 11.4 Å². The molecule has 2 fully saturated rings. The maximum absolute atomic E-state index is 12.7. The number of Topliss-reactive ketones (excluding diaryl/α,β-unsaturated/α-hetero) is 1. The van der Waals surface area contributed by atoms with Gasteiger partial charge in [-0.2, -0.15) is 0 Å². The van der Waals surface area contributed by atoms with Crippen LogP contribution in [-0.2, 0) is 4.79 Å². The lowest BCUT2D eigenvalue weighted by Crippen LogP contribution is -2.43. The Morgan fingerprint density at radius 2 is 2.15 bits per heavy atom. The smallest absolute Gasteiger partial charge is 0.264 e. The van der Waals surface area contributed by atoms with Gasteiger partial charge in [0.2, 0.25) is 0 Å². The number of carbonyl (C=O) groups is 2. The Hall–Kier alpha value is -1.16. The standard InChI is InChI=1S/C16H21NO2S/c1-11-8-10-20-15(11)16(19)17-9-4-6-13(17)12-5-2-3-7-14(12)18/h8,10,12-13H,2-7,9H2,1H3. The number of ketones is 1. The van der Waals surface area contributed by atoms with E-state index in [0.29, 0.717) is 12.2 Å². The molecule has 20 heavy (non-hydrogen) atoms. The van der Waals surface area contributed by atoms with Crippen molar-refractivity contribution in [1.82, 2.24) is 4.90 Å². The van der Waals surface area contributed by atoms with Gasteiger partial charge in [-0.3, -0.25) is 9.59 Å². The molecule has 0 radical (unpaired) electrons. The molecule has 1 saturated carbocycles. The Kier molecular flexibility index (Phi) is 3.92. The van der Waals surface area contributed by atoms with Crippen molar-refractivity contribution in [2.75, 3.05) is 6.54 Å². The first-order valence-corrected chi connectivity index (χ1v) is 8.44. The summed E-state index contributed by atoms with van der Waals surface area (Å²) in [5.41, 5.74) is 1.06. The molecule has 108 valence electrons. The molecule has 0 N–H and O–H groups in total. The molecule has 2 unspecified atom stereocenters. The highest BCUT2D eigenvalue weighted by molar-refractivity contribution is 7.12. The summed E-state index contributed by atoms with van der Waals surface area (Å²) in [6, 6.07) is 2.14. The van der Waals surface area contributed by atoms with Crippen LogP contribution in [0.4, 0.5) is 0 Å². The first-order chi connectivity index (χ1) is 9.68. The van der Waals surface area contributed by atoms with Crippen LogP contribution < -0.4 is 0 Å². The van der Waals surface area contributed by atoms with E-state index in [1.54, 1.807) is 0 Å². The van der Waals surface area contributed by atoms with Crippen LogP contribution in [0.25, 0.3) is 0 Å². The maximum Gasteiger partial charge on any atom is 0.264 e. The number of carbonyl (C=O) groups excluding carboxylic acids is 2. The molecule has 4 heteroatoms. The van der Waals surface area contributed by atoms with Gasteiger partial charge in [0, 0.05) is 24.9 Å². The van der Waals surface area contributed by atoms with Gasteiger partial charge in [-0.15, -0.1) is 11.3 Å². The van der Waals surface area contributed by atoms with Gasteiger partial charge in [0.1, 0.15) is 5.78 Å². The minimum absolute atomic E-state index is 0.0930. The van der Waals surface area contributed by atoms with E-state index < -0.39 is 0 Å². The molecular weight excluding hydrogens is 270 g/mol. The predicted octanol–water partition coefficient (Wildman–Crippen LogP) is 3.42. The van der Waals surface area contributed by atoms with Crippen molar-refractivity contribution in [2.45, 2.75) is 51.5 Å². The van der Waals surface area contributed by atoms with E-state index in [9.17, 15) is 9.59 Å². The molecule has 3 rings (SSSR count). The third-order valence-electron chi connectivity index (χ3n) is 4.68. The van der Waals surface area contributed by atoms with E-state index in [1.807, 2.05) is 23.3 Å². The van der Waals surface area contributed by atoms with Crippen LogP contribution in [0.5, 0.6) is 0 Å². The molecule has 1 aliphatic carbocycles. The lowest BCUT2D eigenvalue weighted by atomic mass is 9.82. The molecule has 0 aromatic carbocycles. The summed E-state index contributed by atoms with van der Waals surface area (Å²) in [4.78, 5) is 27.7. The van der Waals surface area contributed by atoms with E-state index in [4.69, 9.17) is 0 Å². The highest BCUT2D eigenvalue weighted by Crippen LogP contribution is 2.34. The summed E-state index contributed by atoms with van der Waals surface area (Å²) in [6.45, 7) is 2.80. The normalized spacial score (nSPS) is 27.1. The number of amides is 1. The van der Waals surface area contributed by atoms with Crippen LogP contribution in [0.3, 0.4) is 0 Å². The molecule has 0 spiro atoms. The number of aryl methyl sites for hydroxylation is 1. The van der Waals surface area contributed by atoms with Gasteiger partial charge in [-0.1, -0.05) is 6.42 Å². The Bertz CT molecular complexity index is 522. The van der Waals surface area contributed by atoms with Crippen molar-refractivity contribution in [3.05, 3.63) is 21.9 Å². The van der Waals surface area contributed by atoms with Gasteiger partial charge in [-0.05, 0) is 49.6 Å². The molecule has 0 bridgehead atoms. The summed E-state index contributed by atoms with van der Waals surface area (Å²) in [6.07, 6.45) is 5.86. The largest absolute Gasteiger partial charge is 0.334 e. The van der Waals surface area contributed by atoms with Crippen molar-refractivity contribution in [2.24, 2.45) is 5.92 Å². The minimum Gasteiger partial charge on any atom is -0.334 e. The third-order valence-corrected chi connectivity index (χ3v) is 5.69. The van der Waals surface area contributed by atoms with E-state index >= 15 is 0 Å². The summed E-state index contributed by atoms with van der Waals surface area (Å²) < 4.78 is 0. The number of rotatable bonds is 2. The fourth-order valence-corrected chi connectivity index (χ4v) is 4.48. The Labute approximate surface area is 124 Å². The molecule has 1 amide bonds. The van der Waals surface area contributed by atoms with Gasteiger partial charge < -0.3 is 4.90 Å². The molecule has 3 nitrogen and oxygen atoms in total. The predicted molar refractivity (Wildman–Crippen MR) is 80.1 cm³/mol. The van der Waals surface area contributed by atoms with Crippen LogP contribution in [0.1, 0.15) is 53.8 Å². The highest BCUT2D eigenvalue weighted by Gasteiger charge is 2.39. The van der Waals surface area contributed by atoms with Crippen molar-refractivity contribution >= 4 is 23.0 Å². The SMILES string of the molecule is Cc1ccsc1C(=O)N1CCCC1C1CCCCC1=O. The second kappa shape index (κ2) is 5.68. The fourth-order valence-electron chi connectivity index (χ4n) is 3.60. The second-order valence-electron chi connectivity index (χ2n) is 5.96. The van der Waals surface area contributed by atoms with Crippen LogP contribution in [0.2, 0.25) is 0 Å². The third kappa shape index (κ3) is 2.41. The molecule has 2 atom stereocenters. The Balaban J connectivity index is 1.80. The van der Waals surface area contributed by atoms with E-state index in [-0.39, 0.29) is 17.9 Å². The lowest BCUT2D eigenvalue weighted by molar-refractivity contribution is -0.126. The zero-order valence-electron chi connectivity index (χ0n) is 11.9. The number of thiophene rings is 1. The molecule has 2 aliphatic rings. The monoisotopic (exact) mass is 291 g/mol. The zero-order valence-corrected chi connectivity index (χ0v) is 12.7. The Morgan fingerprint density at radius 3 is 2.85 bits per heavy atom. The minimum atomic E-state index is 0.0930. The maximum atomic E-state index is 12.7. The lowest BCUT2D eigenvalue weighted by Gasteiger charge is -2.33. The summed E-state index contributed by atoms with van der Waals surface area (Å²) in [5.74, 6) is 0.609. The second-order valence-corrected chi connectivity index (χ2v) is 6.88. The fraction of sp³-hybridized carbons (Fsp3) is 0.625. The molecule has 2 heterocycles. The van der Waals surface area contributed by atoms with Crippen molar-refractivity contribution < 1.29 is 9.59 Å². The summed E-state index contributed by atoms with van der Waals surface area (Å²) >= 11 is 1.52. The summed E-state index contributed by atoms with van der Waals surface area (Å²) in [5, 5.41) is 1.97. The number of nitrogens with zero attached hydrogens (tertiary/aromatic N) is 1. The van der Waals surface area contributed by atoms with Gasteiger partial charge in [0.15, 0.2) is 0 Å². The van der Waals surface area contributed by atoms with Gasteiger partial charge in [0.25, 0.3) is 5.91 Å². The topological polar surface area (TPSA) is 37.4 Å². The van der Waals surface area contributed by atoms with Gasteiger partial charge >= 0.3 is 0 Å². The summed E-state index contributed by atoms with van der Waals surface area (Å²) in [7, 11) is 0. The first kappa shape index (κ1) is 13.8. The van der Waals surface area contributed by atoms with E-state index in [2.05, 4.69) is 0 Å². The molecule has 1 aromatic heterocycles. The molecular formula is C16H21NO2S. The van der Waals surface area contributed by atoms with E-state index in [0.717, 1.165) is 49.1 Å². The van der Waals surface area contributed by atoms with Crippen LogP contribution in [0, 0.1) is 12.8 Å². The van der Waals surface area contributed by atoms with Crippen LogP contribution in [-0.4, -0.2) is 29.2 Å². The molecule has 1 aliphatic heterocycles. The van der Waals surface area contributed by atoms with Crippen molar-refractivity contribution in [1.29, 1.82) is 0 Å². The average Bonchev–Trinajstić information content (AvgIpc) is 3.07. The first-order valence-electron chi connectivity index (χ1n) is 7.56. The highest BCUT2D eigenvalue weighted by atomic mass is 32.1. The quantitative estimate of drug-likeness (QED) is 0.837. The number of hydrogen-bond donors (Lipinski definition) is 0. The molecule has 1 aromatic rings. The van der Waals surface area contributed by atoms with Crippen molar-refractivity contribution in [3.63, 3.8) is 0 Å². The number of hydrogen-bond acceptors (Lipinski definition) is 3. The average molecular weight is 291 g/mol.